The molecule has 1 rings (SSSR count). The molecule has 2 N–H and O–H groups in total. The molecule has 1 aromatic carbocycles. The van der Waals surface area contributed by atoms with Crippen molar-refractivity contribution in [2.24, 2.45) is 5.73 Å². The van der Waals surface area contributed by atoms with Gasteiger partial charge in [0.1, 0.15) is 5.75 Å². The fraction of sp³-hybridized carbons (Fsp3) is 0.455. The minimum absolute atomic E-state index is 0.539. The minimum atomic E-state index is -0.857. The predicted molar refractivity (Wildman–Crippen MR) is 71.1 cm³/mol. The van der Waals surface area contributed by atoms with Crippen LogP contribution in [0.1, 0.15) is 12.0 Å². The van der Waals surface area contributed by atoms with Crippen LogP contribution in [0.15, 0.2) is 22.7 Å². The zero-order valence-corrected chi connectivity index (χ0v) is 11.6. The van der Waals surface area contributed by atoms with Gasteiger partial charge in [0, 0.05) is 26.8 Å². The van der Waals surface area contributed by atoms with Gasteiger partial charge in [0.2, 0.25) is 0 Å². The Morgan fingerprint density at radius 3 is 2.88 bits per heavy atom. The monoisotopic (exact) mass is 305 g/mol. The molecule has 90 valence electrons. The van der Waals surface area contributed by atoms with Crippen molar-refractivity contribution in [1.82, 2.24) is 0 Å². The van der Waals surface area contributed by atoms with Crippen LogP contribution in [0.5, 0.6) is 5.75 Å². The van der Waals surface area contributed by atoms with Gasteiger partial charge in [-0.3, -0.25) is 4.21 Å². The Kier molecular flexibility index (Phi) is 6.01. The van der Waals surface area contributed by atoms with Crippen LogP contribution in [0.4, 0.5) is 0 Å². The van der Waals surface area contributed by atoms with Crippen molar-refractivity contribution in [2.45, 2.75) is 12.2 Å². The molecule has 16 heavy (non-hydrogen) atoms. The van der Waals surface area contributed by atoms with Crippen LogP contribution < -0.4 is 10.5 Å². The minimum Gasteiger partial charge on any atom is -0.497 e. The summed E-state index contributed by atoms with van der Waals surface area (Å²) >= 11 is 3.44. The molecule has 0 radical (unpaired) electrons. The summed E-state index contributed by atoms with van der Waals surface area (Å²) in [6.07, 6.45) is 0.800. The molecule has 1 aromatic rings. The van der Waals surface area contributed by atoms with E-state index in [2.05, 4.69) is 15.9 Å². The Morgan fingerprint density at radius 2 is 2.25 bits per heavy atom. The summed E-state index contributed by atoms with van der Waals surface area (Å²) in [6.45, 7) is 0.588. The van der Waals surface area contributed by atoms with E-state index in [1.165, 1.54) is 0 Å². The Balaban J connectivity index is 2.68. The van der Waals surface area contributed by atoms with Crippen molar-refractivity contribution in [1.29, 1.82) is 0 Å². The van der Waals surface area contributed by atoms with E-state index in [1.807, 2.05) is 18.2 Å². The number of rotatable bonds is 6. The average Bonchev–Trinajstić information content (AvgIpc) is 2.29. The smallest absolute Gasteiger partial charge is 0.119 e. The molecule has 0 spiro atoms. The number of methoxy groups -OCH3 is 1. The Morgan fingerprint density at radius 1 is 1.50 bits per heavy atom. The molecule has 0 aromatic heterocycles. The first-order chi connectivity index (χ1) is 7.67. The third-order valence-electron chi connectivity index (χ3n) is 2.15. The summed E-state index contributed by atoms with van der Waals surface area (Å²) in [7, 11) is 0.766. The third-order valence-corrected chi connectivity index (χ3v) is 4.30. The van der Waals surface area contributed by atoms with Crippen molar-refractivity contribution in [2.75, 3.05) is 19.4 Å². The highest BCUT2D eigenvalue weighted by atomic mass is 79.9. The number of benzene rings is 1. The summed E-state index contributed by atoms with van der Waals surface area (Å²) in [5.41, 5.74) is 6.39. The Hall–Kier alpha value is -0.390. The van der Waals surface area contributed by atoms with E-state index in [0.29, 0.717) is 18.1 Å². The largest absolute Gasteiger partial charge is 0.497 e. The topological polar surface area (TPSA) is 52.3 Å². The van der Waals surface area contributed by atoms with Crippen molar-refractivity contribution < 1.29 is 8.95 Å². The summed E-state index contributed by atoms with van der Waals surface area (Å²) in [5.74, 6) is 1.98. The molecule has 0 aliphatic rings. The maximum Gasteiger partial charge on any atom is 0.119 e. The van der Waals surface area contributed by atoms with Gasteiger partial charge in [0.05, 0.1) is 7.11 Å². The van der Waals surface area contributed by atoms with Crippen LogP contribution in [0, 0.1) is 0 Å². The molecule has 5 heteroatoms. The van der Waals surface area contributed by atoms with Gasteiger partial charge in [-0.25, -0.2) is 0 Å². The normalized spacial score (nSPS) is 12.4. The molecule has 3 nitrogen and oxygen atoms in total. The summed E-state index contributed by atoms with van der Waals surface area (Å²) < 4.78 is 17.8. The standard InChI is InChI=1S/C11H16BrNO2S/c1-15-10-3-4-11(12)9(7-10)8-16(14)6-2-5-13/h3-4,7H,2,5-6,8,13H2,1H3. The van der Waals surface area contributed by atoms with E-state index in [4.69, 9.17) is 10.5 Å². The van der Waals surface area contributed by atoms with Gasteiger partial charge in [-0.1, -0.05) is 15.9 Å². The highest BCUT2D eigenvalue weighted by molar-refractivity contribution is 9.10. The fourth-order valence-electron chi connectivity index (χ4n) is 1.28. The van der Waals surface area contributed by atoms with E-state index in [-0.39, 0.29) is 0 Å². The van der Waals surface area contributed by atoms with Gasteiger partial charge >= 0.3 is 0 Å². The number of hydrogen-bond acceptors (Lipinski definition) is 3. The lowest BCUT2D eigenvalue weighted by Gasteiger charge is -2.07. The van der Waals surface area contributed by atoms with Crippen molar-refractivity contribution in [3.8, 4) is 5.75 Å². The zero-order chi connectivity index (χ0) is 12.0. The van der Waals surface area contributed by atoms with E-state index in [1.54, 1.807) is 7.11 Å². The number of nitrogens with two attached hydrogens (primary N) is 1. The molecular weight excluding hydrogens is 290 g/mol. The lowest BCUT2D eigenvalue weighted by Crippen LogP contribution is -2.07. The Labute approximate surface area is 107 Å². The number of ether oxygens (including phenoxy) is 1. The molecule has 0 saturated carbocycles. The van der Waals surface area contributed by atoms with Crippen LogP contribution in [0.3, 0.4) is 0 Å². The van der Waals surface area contributed by atoms with Crippen molar-refractivity contribution >= 4 is 26.7 Å². The van der Waals surface area contributed by atoms with Gasteiger partial charge in [-0.05, 0) is 36.7 Å². The van der Waals surface area contributed by atoms with Crippen LogP contribution >= 0.6 is 15.9 Å². The second kappa shape index (κ2) is 7.04. The van der Waals surface area contributed by atoms with Gasteiger partial charge in [0.15, 0.2) is 0 Å². The SMILES string of the molecule is COc1ccc(Br)c(CS(=O)CCCN)c1. The molecule has 0 fully saturated rings. The highest BCUT2D eigenvalue weighted by Gasteiger charge is 2.06. The zero-order valence-electron chi connectivity index (χ0n) is 9.24. The van der Waals surface area contributed by atoms with E-state index in [9.17, 15) is 4.21 Å². The summed E-state index contributed by atoms with van der Waals surface area (Å²) in [4.78, 5) is 0. The number of hydrogen-bond donors (Lipinski definition) is 1. The van der Waals surface area contributed by atoms with Crippen LogP contribution in [0.25, 0.3) is 0 Å². The van der Waals surface area contributed by atoms with Gasteiger partial charge < -0.3 is 10.5 Å². The molecule has 0 heterocycles. The van der Waals surface area contributed by atoms with Crippen LogP contribution in [-0.2, 0) is 16.6 Å². The van der Waals surface area contributed by atoms with Crippen molar-refractivity contribution in [3.63, 3.8) is 0 Å². The first-order valence-electron chi connectivity index (χ1n) is 5.05. The quantitative estimate of drug-likeness (QED) is 0.875. The number of halogens is 1. The van der Waals surface area contributed by atoms with E-state index in [0.717, 1.165) is 22.2 Å². The molecule has 1 atom stereocenters. The second-order valence-corrected chi connectivity index (χ2v) is 5.82. The molecular formula is C11H16BrNO2S. The molecule has 0 bridgehead atoms. The first kappa shape index (κ1) is 13.7. The molecule has 0 aliphatic heterocycles. The molecule has 0 saturated heterocycles. The third kappa shape index (κ3) is 4.23. The molecule has 1 unspecified atom stereocenters. The van der Waals surface area contributed by atoms with Gasteiger partial charge in [-0.2, -0.15) is 0 Å². The van der Waals surface area contributed by atoms with Crippen molar-refractivity contribution in [3.05, 3.63) is 28.2 Å². The van der Waals surface area contributed by atoms with Crippen LogP contribution in [0.2, 0.25) is 0 Å². The maximum atomic E-state index is 11.7. The lowest BCUT2D eigenvalue weighted by atomic mass is 10.2. The van der Waals surface area contributed by atoms with Gasteiger partial charge in [0.25, 0.3) is 0 Å². The molecule has 0 amide bonds. The Bertz CT molecular complexity index is 371. The van der Waals surface area contributed by atoms with Gasteiger partial charge in [-0.15, -0.1) is 0 Å². The predicted octanol–water partition coefficient (Wildman–Crippen LogP) is 2.06. The average molecular weight is 306 g/mol. The maximum absolute atomic E-state index is 11.7. The van der Waals surface area contributed by atoms with E-state index >= 15 is 0 Å². The summed E-state index contributed by atoms with van der Waals surface area (Å²) in [6, 6.07) is 5.69. The lowest BCUT2D eigenvalue weighted by molar-refractivity contribution is 0.414. The molecule has 0 aliphatic carbocycles. The first-order valence-corrected chi connectivity index (χ1v) is 7.33. The van der Waals surface area contributed by atoms with Crippen LogP contribution in [-0.4, -0.2) is 23.6 Å². The second-order valence-electron chi connectivity index (χ2n) is 3.39. The van der Waals surface area contributed by atoms with E-state index < -0.39 is 10.8 Å². The summed E-state index contributed by atoms with van der Waals surface area (Å²) in [5, 5.41) is 0. The highest BCUT2D eigenvalue weighted by Crippen LogP contribution is 2.23. The fourth-order valence-corrected chi connectivity index (χ4v) is 3.07.